The van der Waals surface area contributed by atoms with Crippen LogP contribution >= 0.6 is 0 Å². The van der Waals surface area contributed by atoms with E-state index >= 15 is 0 Å². The summed E-state index contributed by atoms with van der Waals surface area (Å²) < 4.78 is 0. The van der Waals surface area contributed by atoms with Crippen molar-refractivity contribution < 1.29 is 9.59 Å². The van der Waals surface area contributed by atoms with E-state index in [2.05, 4.69) is 87.9 Å². The van der Waals surface area contributed by atoms with Crippen LogP contribution in [0.1, 0.15) is 63.5 Å². The second-order valence-electron chi connectivity index (χ2n) is 12.0. The molecule has 0 spiro atoms. The normalized spacial score (nSPS) is 16.5. The highest BCUT2D eigenvalue weighted by molar-refractivity contribution is 5.93. The molecule has 0 bridgehead atoms. The molecule has 0 aromatic heterocycles. The van der Waals surface area contributed by atoms with Gasteiger partial charge in [-0.2, -0.15) is 0 Å². The van der Waals surface area contributed by atoms with Crippen molar-refractivity contribution in [3.05, 3.63) is 102 Å². The molecule has 0 radical (unpaired) electrons. The summed E-state index contributed by atoms with van der Waals surface area (Å²) in [4.78, 5) is 30.9. The van der Waals surface area contributed by atoms with Crippen LogP contribution in [0.3, 0.4) is 0 Å². The monoisotopic (exact) mass is 596 g/mol. The van der Waals surface area contributed by atoms with Crippen molar-refractivity contribution in [1.29, 1.82) is 0 Å². The standard InChI is InChI=1S/C22H28N2O.C16H24N2O/c1-2-22(25)24(20-11-7-4-8-12-20)21-14-17-23(18-15-21)16-13-19-9-5-3-6-10-19;1-2-16(19)17-15-9-12-18(13-10-15)11-8-14-6-4-3-5-7-14/h3-12,21H,2,13-18H2,1H3;3-7,15H,2,8-13H2,1H3,(H,17,19). The van der Waals surface area contributed by atoms with Crippen LogP contribution in [0.4, 0.5) is 5.69 Å². The molecule has 1 N–H and O–H groups in total. The molecule has 0 atom stereocenters. The smallest absolute Gasteiger partial charge is 0.226 e. The van der Waals surface area contributed by atoms with Gasteiger partial charge in [-0.25, -0.2) is 0 Å². The number of para-hydroxylation sites is 1. The Morgan fingerprint density at radius 1 is 0.659 bits per heavy atom. The lowest BCUT2D eigenvalue weighted by Gasteiger charge is -2.38. The first-order valence-electron chi connectivity index (χ1n) is 16.7. The quantitative estimate of drug-likeness (QED) is 0.280. The number of rotatable bonds is 11. The fraction of sp³-hybridized carbons (Fsp3) is 0.474. The molecular formula is C38H52N4O2. The van der Waals surface area contributed by atoms with Gasteiger partial charge >= 0.3 is 0 Å². The molecule has 6 nitrogen and oxygen atoms in total. The third-order valence-electron chi connectivity index (χ3n) is 8.92. The lowest BCUT2D eigenvalue weighted by atomic mass is 10.0. The molecule has 2 heterocycles. The van der Waals surface area contributed by atoms with Crippen molar-refractivity contribution in [2.75, 3.05) is 44.2 Å². The van der Waals surface area contributed by atoms with Gasteiger partial charge in [0.25, 0.3) is 0 Å². The number of piperidine rings is 2. The zero-order valence-electron chi connectivity index (χ0n) is 26.9. The summed E-state index contributed by atoms with van der Waals surface area (Å²) in [6, 6.07) is 32.2. The average Bonchev–Trinajstić information content (AvgIpc) is 3.09. The van der Waals surface area contributed by atoms with E-state index in [4.69, 9.17) is 0 Å². The minimum absolute atomic E-state index is 0.183. The van der Waals surface area contributed by atoms with E-state index in [-0.39, 0.29) is 11.8 Å². The molecule has 0 unspecified atom stereocenters. The maximum Gasteiger partial charge on any atom is 0.226 e. The Kier molecular flexibility index (Phi) is 13.9. The Morgan fingerprint density at radius 2 is 1.11 bits per heavy atom. The van der Waals surface area contributed by atoms with Crippen molar-refractivity contribution in [2.24, 2.45) is 0 Å². The van der Waals surface area contributed by atoms with Crippen LogP contribution in [-0.4, -0.2) is 73.0 Å². The number of benzene rings is 3. The van der Waals surface area contributed by atoms with Gasteiger partial charge in [0, 0.05) is 69.9 Å². The summed E-state index contributed by atoms with van der Waals surface area (Å²) in [7, 11) is 0. The van der Waals surface area contributed by atoms with Crippen LogP contribution in [0, 0.1) is 0 Å². The average molecular weight is 597 g/mol. The van der Waals surface area contributed by atoms with Gasteiger partial charge in [0.1, 0.15) is 0 Å². The van der Waals surface area contributed by atoms with E-state index in [9.17, 15) is 9.59 Å². The van der Waals surface area contributed by atoms with Crippen LogP contribution in [0.15, 0.2) is 91.0 Å². The third kappa shape index (κ3) is 10.9. The van der Waals surface area contributed by atoms with Gasteiger partial charge in [0.15, 0.2) is 0 Å². The Labute approximate surface area is 265 Å². The minimum Gasteiger partial charge on any atom is -0.353 e. The van der Waals surface area contributed by atoms with Crippen LogP contribution in [0.25, 0.3) is 0 Å². The molecule has 6 heteroatoms. The fourth-order valence-electron chi connectivity index (χ4n) is 6.21. The highest BCUT2D eigenvalue weighted by atomic mass is 16.2. The Morgan fingerprint density at radius 3 is 1.57 bits per heavy atom. The summed E-state index contributed by atoms with van der Waals surface area (Å²) in [5, 5.41) is 3.10. The lowest BCUT2D eigenvalue weighted by molar-refractivity contribution is -0.122. The van der Waals surface area contributed by atoms with Gasteiger partial charge in [0.05, 0.1) is 0 Å². The molecule has 5 rings (SSSR count). The first-order valence-corrected chi connectivity index (χ1v) is 16.7. The number of hydrogen-bond donors (Lipinski definition) is 1. The van der Waals surface area contributed by atoms with Crippen LogP contribution < -0.4 is 10.2 Å². The second kappa shape index (κ2) is 18.4. The molecule has 0 saturated carbocycles. The summed E-state index contributed by atoms with van der Waals surface area (Å²) in [6.45, 7) is 10.4. The summed E-state index contributed by atoms with van der Waals surface area (Å²) in [5.41, 5.74) is 3.85. The Balaban J connectivity index is 0.000000209. The topological polar surface area (TPSA) is 55.9 Å². The van der Waals surface area contributed by atoms with Crippen LogP contribution in [0.5, 0.6) is 0 Å². The van der Waals surface area contributed by atoms with Crippen molar-refractivity contribution in [3.63, 3.8) is 0 Å². The number of carbonyl (C=O) groups is 2. The first-order chi connectivity index (χ1) is 21.6. The highest BCUT2D eigenvalue weighted by Crippen LogP contribution is 2.24. The number of amides is 2. The van der Waals surface area contributed by atoms with Crippen molar-refractivity contribution in [2.45, 2.75) is 77.3 Å². The van der Waals surface area contributed by atoms with E-state index in [1.807, 2.05) is 36.9 Å². The van der Waals surface area contributed by atoms with E-state index < -0.39 is 0 Å². The molecule has 2 fully saturated rings. The molecule has 2 aliphatic rings. The molecule has 236 valence electrons. The maximum absolute atomic E-state index is 12.5. The van der Waals surface area contributed by atoms with Gasteiger partial charge in [-0.05, 0) is 61.8 Å². The molecule has 2 aliphatic heterocycles. The first kappa shape index (κ1) is 33.4. The van der Waals surface area contributed by atoms with Crippen molar-refractivity contribution >= 4 is 17.5 Å². The highest BCUT2D eigenvalue weighted by Gasteiger charge is 2.28. The summed E-state index contributed by atoms with van der Waals surface area (Å²) >= 11 is 0. The SMILES string of the molecule is CCC(=O)N(c1ccccc1)C1CCN(CCc2ccccc2)CC1.CCC(=O)NC1CCN(CCc2ccccc2)CC1. The predicted octanol–water partition coefficient (Wildman–Crippen LogP) is 6.36. The minimum atomic E-state index is 0.183. The van der Waals surface area contributed by atoms with E-state index in [1.54, 1.807) is 0 Å². The number of nitrogens with one attached hydrogen (secondary N) is 1. The molecule has 3 aromatic rings. The number of hydrogen-bond acceptors (Lipinski definition) is 4. The van der Waals surface area contributed by atoms with Crippen molar-refractivity contribution in [3.8, 4) is 0 Å². The zero-order valence-corrected chi connectivity index (χ0v) is 26.9. The Hall–Kier alpha value is -3.48. The van der Waals surface area contributed by atoms with E-state index in [1.165, 1.54) is 11.1 Å². The van der Waals surface area contributed by atoms with Gasteiger partial charge < -0.3 is 20.0 Å². The number of likely N-dealkylation sites (tertiary alicyclic amines) is 2. The van der Waals surface area contributed by atoms with Crippen molar-refractivity contribution in [1.82, 2.24) is 15.1 Å². The molecule has 2 amide bonds. The van der Waals surface area contributed by atoms with Gasteiger partial charge in [-0.15, -0.1) is 0 Å². The van der Waals surface area contributed by atoms with Crippen LogP contribution in [0.2, 0.25) is 0 Å². The predicted molar refractivity (Wildman–Crippen MR) is 182 cm³/mol. The summed E-state index contributed by atoms with van der Waals surface area (Å²) in [5.74, 6) is 0.414. The van der Waals surface area contributed by atoms with Crippen LogP contribution in [-0.2, 0) is 22.4 Å². The third-order valence-corrected chi connectivity index (χ3v) is 8.92. The zero-order chi connectivity index (χ0) is 31.0. The second-order valence-corrected chi connectivity index (χ2v) is 12.0. The molecule has 44 heavy (non-hydrogen) atoms. The molecule has 3 aromatic carbocycles. The van der Waals surface area contributed by atoms with E-state index in [0.717, 1.165) is 83.5 Å². The Bertz CT molecular complexity index is 1220. The van der Waals surface area contributed by atoms with Gasteiger partial charge in [-0.1, -0.05) is 92.7 Å². The maximum atomic E-state index is 12.5. The summed E-state index contributed by atoms with van der Waals surface area (Å²) in [6.07, 6.45) is 7.64. The largest absolute Gasteiger partial charge is 0.353 e. The number of anilines is 1. The van der Waals surface area contributed by atoms with Gasteiger partial charge in [0.2, 0.25) is 11.8 Å². The number of nitrogens with zero attached hydrogens (tertiary/aromatic N) is 3. The number of carbonyl (C=O) groups excluding carboxylic acids is 2. The van der Waals surface area contributed by atoms with E-state index in [0.29, 0.717) is 24.9 Å². The fourth-order valence-corrected chi connectivity index (χ4v) is 6.21. The van der Waals surface area contributed by atoms with Gasteiger partial charge in [-0.3, -0.25) is 9.59 Å². The molecule has 0 aliphatic carbocycles. The molecular weight excluding hydrogens is 544 g/mol. The lowest BCUT2D eigenvalue weighted by Crippen LogP contribution is -2.47. The molecule has 2 saturated heterocycles.